The van der Waals surface area contributed by atoms with Crippen molar-refractivity contribution in [3.05, 3.63) is 29.0 Å². The molecule has 0 saturated carbocycles. The minimum Gasteiger partial charge on any atom is -0.381 e. The first-order valence-electron chi connectivity index (χ1n) is 7.13. The number of primary amides is 1. The molecule has 1 aliphatic heterocycles. The summed E-state index contributed by atoms with van der Waals surface area (Å²) in [4.78, 5) is 20.5. The van der Waals surface area contributed by atoms with E-state index < -0.39 is 5.41 Å². The van der Waals surface area contributed by atoms with E-state index in [9.17, 15) is 4.79 Å². The Morgan fingerprint density at radius 2 is 2.14 bits per heavy atom. The summed E-state index contributed by atoms with van der Waals surface area (Å²) in [7, 11) is 0. The van der Waals surface area contributed by atoms with Gasteiger partial charge in [0, 0.05) is 24.2 Å². The van der Waals surface area contributed by atoms with E-state index in [2.05, 4.69) is 31.2 Å². The van der Waals surface area contributed by atoms with Crippen LogP contribution in [0.25, 0.3) is 10.9 Å². The van der Waals surface area contributed by atoms with Gasteiger partial charge in [-0.05, 0) is 40.9 Å². The van der Waals surface area contributed by atoms with Gasteiger partial charge in [-0.25, -0.2) is 9.97 Å². The lowest BCUT2D eigenvalue weighted by Gasteiger charge is -2.34. The number of halogens is 1. The molecule has 0 atom stereocenters. The van der Waals surface area contributed by atoms with Crippen LogP contribution in [-0.4, -0.2) is 35.6 Å². The molecule has 1 aromatic heterocycles. The lowest BCUT2D eigenvalue weighted by molar-refractivity contribution is -0.132. The minimum absolute atomic E-state index is 0.291. The second-order valence-corrected chi connectivity index (χ2v) is 6.32. The van der Waals surface area contributed by atoms with Crippen molar-refractivity contribution in [2.45, 2.75) is 12.8 Å². The van der Waals surface area contributed by atoms with Crippen LogP contribution in [0.4, 0.5) is 5.82 Å². The molecule has 2 heterocycles. The Labute approximate surface area is 136 Å². The molecule has 1 fully saturated rings. The van der Waals surface area contributed by atoms with Gasteiger partial charge in [0.2, 0.25) is 5.91 Å². The Kier molecular flexibility index (Phi) is 4.26. The van der Waals surface area contributed by atoms with Crippen molar-refractivity contribution in [1.29, 1.82) is 0 Å². The number of nitrogens with zero attached hydrogens (tertiary/aromatic N) is 2. The molecule has 0 bridgehead atoms. The highest BCUT2D eigenvalue weighted by molar-refractivity contribution is 9.10. The lowest BCUT2D eigenvalue weighted by atomic mass is 9.79. The highest BCUT2D eigenvalue weighted by Crippen LogP contribution is 2.32. The average Bonchev–Trinajstić information content (AvgIpc) is 2.54. The maximum absolute atomic E-state index is 11.9. The molecular formula is C15H17BrN4O2. The summed E-state index contributed by atoms with van der Waals surface area (Å²) in [6.07, 6.45) is 2.76. The van der Waals surface area contributed by atoms with Crippen molar-refractivity contribution in [1.82, 2.24) is 9.97 Å². The van der Waals surface area contributed by atoms with Gasteiger partial charge in [-0.15, -0.1) is 0 Å². The van der Waals surface area contributed by atoms with Gasteiger partial charge in [0.05, 0.1) is 16.3 Å². The van der Waals surface area contributed by atoms with E-state index in [1.807, 2.05) is 18.2 Å². The van der Waals surface area contributed by atoms with Gasteiger partial charge in [-0.1, -0.05) is 6.07 Å². The van der Waals surface area contributed by atoms with Gasteiger partial charge in [-0.2, -0.15) is 0 Å². The number of hydrogen-bond donors (Lipinski definition) is 2. The number of anilines is 1. The number of benzene rings is 1. The Morgan fingerprint density at radius 1 is 1.36 bits per heavy atom. The third kappa shape index (κ3) is 2.78. The van der Waals surface area contributed by atoms with Crippen LogP contribution >= 0.6 is 15.9 Å². The Morgan fingerprint density at radius 3 is 2.86 bits per heavy atom. The topological polar surface area (TPSA) is 90.1 Å². The predicted molar refractivity (Wildman–Crippen MR) is 87.4 cm³/mol. The van der Waals surface area contributed by atoms with Crippen LogP contribution in [0.2, 0.25) is 0 Å². The van der Waals surface area contributed by atoms with Crippen LogP contribution < -0.4 is 11.1 Å². The van der Waals surface area contributed by atoms with Gasteiger partial charge in [0.1, 0.15) is 12.1 Å². The maximum Gasteiger partial charge on any atom is 0.225 e. The molecule has 0 spiro atoms. The molecule has 3 N–H and O–H groups in total. The van der Waals surface area contributed by atoms with E-state index in [1.165, 1.54) is 6.33 Å². The van der Waals surface area contributed by atoms with Crippen LogP contribution in [0, 0.1) is 5.41 Å². The first-order chi connectivity index (χ1) is 10.6. The molecular weight excluding hydrogens is 348 g/mol. The molecule has 6 nitrogen and oxygen atoms in total. The second-order valence-electron chi connectivity index (χ2n) is 5.47. The molecule has 7 heteroatoms. The van der Waals surface area contributed by atoms with E-state index in [-0.39, 0.29) is 5.91 Å². The Hall–Kier alpha value is -1.73. The fraction of sp³-hybridized carbons (Fsp3) is 0.400. The Bertz CT molecular complexity index is 696. The van der Waals surface area contributed by atoms with Crippen LogP contribution in [0.5, 0.6) is 0 Å². The third-order valence-electron chi connectivity index (χ3n) is 4.18. The van der Waals surface area contributed by atoms with Crippen LogP contribution in [0.1, 0.15) is 12.8 Å². The zero-order valence-electron chi connectivity index (χ0n) is 12.0. The molecule has 0 aliphatic carbocycles. The number of aromatic nitrogens is 2. The second kappa shape index (κ2) is 6.18. The molecule has 0 radical (unpaired) electrons. The number of nitrogens with two attached hydrogens (primary N) is 1. The van der Waals surface area contributed by atoms with Crippen LogP contribution in [0.15, 0.2) is 29.0 Å². The zero-order valence-corrected chi connectivity index (χ0v) is 13.6. The predicted octanol–water partition coefficient (Wildman–Crippen LogP) is 2.09. The van der Waals surface area contributed by atoms with Crippen molar-refractivity contribution >= 4 is 38.6 Å². The molecule has 3 rings (SSSR count). The molecule has 2 aromatic rings. The smallest absolute Gasteiger partial charge is 0.225 e. The molecule has 116 valence electrons. The number of fused-ring (bicyclic) bond motifs is 1. The summed E-state index contributed by atoms with van der Waals surface area (Å²) < 4.78 is 6.26. The summed E-state index contributed by atoms with van der Waals surface area (Å²) in [6, 6.07) is 5.78. The van der Waals surface area contributed by atoms with Gasteiger partial charge in [0.25, 0.3) is 0 Å². The lowest BCUT2D eigenvalue weighted by Crippen LogP contribution is -2.46. The van der Waals surface area contributed by atoms with E-state index in [0.29, 0.717) is 38.4 Å². The number of hydrogen-bond acceptors (Lipinski definition) is 5. The molecule has 1 aliphatic rings. The summed E-state index contributed by atoms with van der Waals surface area (Å²) in [6.45, 7) is 1.55. The van der Waals surface area contributed by atoms with Crippen molar-refractivity contribution in [2.75, 3.05) is 25.1 Å². The summed E-state index contributed by atoms with van der Waals surface area (Å²) in [5, 5.41) is 4.18. The zero-order chi connectivity index (χ0) is 15.6. The monoisotopic (exact) mass is 364 g/mol. The first-order valence-corrected chi connectivity index (χ1v) is 7.92. The quantitative estimate of drug-likeness (QED) is 0.866. The number of carbonyl (C=O) groups is 1. The summed E-state index contributed by atoms with van der Waals surface area (Å²) in [5.74, 6) is 0.408. The fourth-order valence-corrected chi connectivity index (χ4v) is 3.27. The number of amides is 1. The van der Waals surface area contributed by atoms with Crippen molar-refractivity contribution < 1.29 is 9.53 Å². The Balaban J connectivity index is 1.88. The van der Waals surface area contributed by atoms with E-state index >= 15 is 0 Å². The van der Waals surface area contributed by atoms with Gasteiger partial charge >= 0.3 is 0 Å². The summed E-state index contributed by atoms with van der Waals surface area (Å²) in [5.41, 5.74) is 5.89. The summed E-state index contributed by atoms with van der Waals surface area (Å²) >= 11 is 3.52. The van der Waals surface area contributed by atoms with Gasteiger partial charge in [0.15, 0.2) is 0 Å². The van der Waals surface area contributed by atoms with Crippen molar-refractivity contribution in [2.24, 2.45) is 11.1 Å². The average molecular weight is 365 g/mol. The van der Waals surface area contributed by atoms with Crippen LogP contribution in [-0.2, 0) is 9.53 Å². The minimum atomic E-state index is -0.587. The number of ether oxygens (including phenoxy) is 1. The molecule has 0 unspecified atom stereocenters. The van der Waals surface area contributed by atoms with Crippen molar-refractivity contribution in [3.63, 3.8) is 0 Å². The molecule has 22 heavy (non-hydrogen) atoms. The maximum atomic E-state index is 11.9. The number of nitrogens with one attached hydrogen (secondary N) is 1. The largest absolute Gasteiger partial charge is 0.381 e. The molecule has 1 aromatic carbocycles. The SMILES string of the molecule is NC(=O)C1(CNc2ncnc3cccc(Br)c23)CCOCC1. The molecule has 1 amide bonds. The normalized spacial score (nSPS) is 17.3. The van der Waals surface area contributed by atoms with Gasteiger partial charge < -0.3 is 15.8 Å². The third-order valence-corrected chi connectivity index (χ3v) is 4.84. The number of rotatable bonds is 4. The number of carbonyl (C=O) groups excluding carboxylic acids is 1. The fourth-order valence-electron chi connectivity index (χ4n) is 2.73. The van der Waals surface area contributed by atoms with E-state index in [4.69, 9.17) is 10.5 Å². The van der Waals surface area contributed by atoms with Crippen LogP contribution in [0.3, 0.4) is 0 Å². The standard InChI is InChI=1S/C15H17BrN4O2/c16-10-2-1-3-11-12(10)13(20-9-19-11)18-8-15(14(17)21)4-6-22-7-5-15/h1-3,9H,4-8H2,(H2,17,21)(H,18,19,20). The highest BCUT2D eigenvalue weighted by atomic mass is 79.9. The molecule has 1 saturated heterocycles. The van der Waals surface area contributed by atoms with Gasteiger partial charge in [-0.3, -0.25) is 4.79 Å². The highest BCUT2D eigenvalue weighted by Gasteiger charge is 2.38. The van der Waals surface area contributed by atoms with Crippen molar-refractivity contribution in [3.8, 4) is 0 Å². The first kappa shape index (κ1) is 15.2. The van der Waals surface area contributed by atoms with E-state index in [1.54, 1.807) is 0 Å². The van der Waals surface area contributed by atoms with E-state index in [0.717, 1.165) is 15.4 Å².